The predicted molar refractivity (Wildman–Crippen MR) is 499 cm³/mol. The van der Waals surface area contributed by atoms with E-state index < -0.39 is 23.9 Å². The number of rotatable bonds is 18. The molecule has 32 nitrogen and oxygen atoms in total. The molecule has 11 rings (SSSR count). The van der Waals surface area contributed by atoms with Crippen LogP contribution in [0.4, 0.5) is 0 Å². The first kappa shape index (κ1) is 108. The minimum absolute atomic E-state index is 0.0481. The van der Waals surface area contributed by atoms with Crippen LogP contribution >= 0.6 is 15.9 Å². The van der Waals surface area contributed by atoms with Gasteiger partial charge >= 0.3 is 48.1 Å². The summed E-state index contributed by atoms with van der Waals surface area (Å²) in [6.45, 7) is 24.9. The van der Waals surface area contributed by atoms with Crippen LogP contribution in [0.2, 0.25) is 0 Å². The van der Waals surface area contributed by atoms with E-state index in [4.69, 9.17) is 48.3 Å². The van der Waals surface area contributed by atoms with Gasteiger partial charge in [0.15, 0.2) is 0 Å². The van der Waals surface area contributed by atoms with E-state index in [1.165, 1.54) is 40.9 Å². The summed E-state index contributed by atoms with van der Waals surface area (Å²) in [6.07, 6.45) is 9.41. The third kappa shape index (κ3) is 42.7. The van der Waals surface area contributed by atoms with Crippen molar-refractivity contribution in [2.75, 3.05) is 114 Å². The average Bonchev–Trinajstić information content (AvgIpc) is 0.845. The van der Waals surface area contributed by atoms with Crippen LogP contribution in [-0.4, -0.2) is 246 Å². The van der Waals surface area contributed by atoms with Crippen LogP contribution in [0.25, 0.3) is 0 Å². The molecule has 0 aliphatic carbocycles. The zero-order chi connectivity index (χ0) is 96.5. The molecule has 0 atom stereocenters. The minimum Gasteiger partial charge on any atom is -0.480 e. The fourth-order valence-electron chi connectivity index (χ4n) is 13.8. The van der Waals surface area contributed by atoms with Crippen molar-refractivity contribution >= 4 is 64.0 Å². The number of pyridine rings is 8. The van der Waals surface area contributed by atoms with E-state index in [1.807, 2.05) is 137 Å². The molecule has 8 aromatic heterocycles. The summed E-state index contributed by atoms with van der Waals surface area (Å²) < 4.78 is 19.4. The van der Waals surface area contributed by atoms with Crippen LogP contribution in [0.15, 0.2) is 121 Å². The summed E-state index contributed by atoms with van der Waals surface area (Å²) in [4.78, 5) is 156. The zero-order valence-corrected chi connectivity index (χ0v) is 79.0. The van der Waals surface area contributed by atoms with E-state index >= 15 is 0 Å². The molecule has 3 aliphatic rings. The molecule has 3 aliphatic heterocycles. The highest BCUT2D eigenvalue weighted by atomic mass is 79.9. The molecule has 8 aromatic rings. The van der Waals surface area contributed by atoms with Gasteiger partial charge in [-0.05, 0) is 130 Å². The lowest BCUT2D eigenvalue weighted by molar-refractivity contribution is -0.193. The molecule has 0 aromatic carbocycles. The van der Waals surface area contributed by atoms with Crippen LogP contribution in [-0.2, 0) is 123 Å². The smallest absolute Gasteiger partial charge is 0.373 e. The number of hydrogen-bond donors (Lipinski definition) is 3. The van der Waals surface area contributed by atoms with Crippen molar-refractivity contribution in [3.63, 3.8) is 0 Å². The lowest BCUT2D eigenvalue weighted by Gasteiger charge is -2.31. The van der Waals surface area contributed by atoms with Crippen molar-refractivity contribution < 1.29 is 77.1 Å². The average molecular weight is 1880 g/mol. The van der Waals surface area contributed by atoms with Crippen molar-refractivity contribution in [1.82, 2.24) is 79.5 Å². The number of hydrogen-bond acceptors (Lipinski definition) is 30. The van der Waals surface area contributed by atoms with Crippen molar-refractivity contribution in [2.24, 2.45) is 0 Å². The lowest BCUT2D eigenvalue weighted by atomic mass is 10.1. The second kappa shape index (κ2) is 62.2. The maximum Gasteiger partial charge on any atom is 0.373 e. The fraction of sp³-hybridized carbons (Fsp3) is 0.420. The monoisotopic (exact) mass is 1880 g/mol. The molecule has 700 valence electrons. The SMILES string of the molecule is CCC#Cc1cc(C)nc(CN2CCN(Cc3cc(C#CCC)cc(C(=O)OC)n3)CCN(CC(=O)OC)Cc3cccc(n3)C2)c1.CCC#Cc1cc(CBr)nc(C(=O)OC)c1.CCC#Cc1ccnc(CN2CCN(Cc3cc(C#CCC)cc(C(=O)O)n3)CCN(CC(=O)O)Cc3cccc(n3)C2)c1.COC(=O)CN1CCCCCNCc2cccc(n2)C1.O=C=O.O=C=O. The number of carbonyl (C=O) groups excluding carboxylic acids is 8. The number of aryl methyl sites for hydroxylation is 1. The third-order valence-electron chi connectivity index (χ3n) is 19.8. The van der Waals surface area contributed by atoms with Gasteiger partial charge in [-0.1, -0.05) is 134 Å². The molecule has 0 saturated carbocycles. The van der Waals surface area contributed by atoms with Gasteiger partial charge in [-0.3, -0.25) is 73.6 Å². The predicted octanol–water partition coefficient (Wildman–Crippen LogP) is 10.2. The molecule has 3 N–H and O–H groups in total. The number of aromatic carboxylic acids is 1. The number of carboxylic acids is 2. The van der Waals surface area contributed by atoms with Crippen molar-refractivity contribution in [2.45, 2.75) is 164 Å². The summed E-state index contributed by atoms with van der Waals surface area (Å²) in [5, 5.41) is 23.3. The summed E-state index contributed by atoms with van der Waals surface area (Å²) in [7, 11) is 5.52. The molecule has 0 amide bonds. The number of nitrogens with zero attached hydrogens (tertiary/aromatic N) is 15. The number of ether oxygens (including phenoxy) is 4. The van der Waals surface area contributed by atoms with Crippen molar-refractivity contribution in [3.05, 3.63) is 235 Å². The molecule has 6 bridgehead atoms. The second-order valence-corrected chi connectivity index (χ2v) is 30.9. The van der Waals surface area contributed by atoms with E-state index in [-0.39, 0.29) is 48.7 Å². The first-order valence-corrected chi connectivity index (χ1v) is 44.8. The van der Waals surface area contributed by atoms with E-state index in [0.29, 0.717) is 153 Å². The molecule has 0 spiro atoms. The van der Waals surface area contributed by atoms with Gasteiger partial charge in [0.25, 0.3) is 0 Å². The topological polar surface area (TPSA) is 386 Å². The summed E-state index contributed by atoms with van der Waals surface area (Å²) in [5.41, 5.74) is 15.0. The Hall–Kier alpha value is -13.3. The van der Waals surface area contributed by atoms with Gasteiger partial charge in [-0.2, -0.15) is 19.2 Å². The Morgan fingerprint density at radius 3 is 1.16 bits per heavy atom. The molecule has 0 saturated heterocycles. The highest BCUT2D eigenvalue weighted by Crippen LogP contribution is 2.21. The van der Waals surface area contributed by atoms with Gasteiger partial charge in [0.05, 0.1) is 111 Å². The van der Waals surface area contributed by atoms with Crippen molar-refractivity contribution in [3.8, 4) is 59.2 Å². The standard InChI is InChI=1S/C37H44N6O4.C34H38N6O4.C15H23N3O2.C12H12BrNO2.2CO2/c1-6-8-11-29-19-28(3)38-33(20-29)26-42-17-15-41(25-34-21-30(12-9-7-2)22-35(40-34)37(45)47-5)16-18-43(27-36(44)46-4)24-32-14-10-13-31(23-42)39-32;1-3-5-8-26-12-13-35-30(18-26)23-39-16-14-38(24-31-19-27(9-6-4-2)20-32(37-31)34(43)44)15-17-40(25-33(41)42)22-29-11-7-10-28(21-39)36-29;1-20-15(19)12-18-9-4-2-3-8-16-10-13-6-5-7-14(11-18)17-13;1-3-4-5-9-6-10(8-13)14-11(7-9)12(15)16-2;2*2-1-3/h10,13-14,19-22H,6-7,15-18,23-27H2,1-5H3;7,10-13,18-20H,3-4,14-17,21-25H2,1-2H3,(H,41,42)(H,43,44);5-7,16H,2-4,8-12H2,1H3;6-7H,3,8H2,1-2H3;;. The number of methoxy groups -OCH3 is 4. The summed E-state index contributed by atoms with van der Waals surface area (Å²) >= 11 is 3.30. The Morgan fingerprint density at radius 2 is 0.729 bits per heavy atom. The number of esters is 4. The highest BCUT2D eigenvalue weighted by molar-refractivity contribution is 9.08. The van der Waals surface area contributed by atoms with Crippen LogP contribution < -0.4 is 5.32 Å². The van der Waals surface area contributed by atoms with Crippen LogP contribution in [0, 0.1) is 66.1 Å². The second-order valence-electron chi connectivity index (χ2n) is 30.3. The maximum absolute atomic E-state index is 12.5. The van der Waals surface area contributed by atoms with Gasteiger partial charge in [0, 0.05) is 195 Å². The quantitative estimate of drug-likeness (QED) is 0.0311. The van der Waals surface area contributed by atoms with Gasteiger partial charge in [0.1, 0.15) is 17.1 Å². The number of halogens is 1. The number of aliphatic carboxylic acids is 1. The highest BCUT2D eigenvalue weighted by Gasteiger charge is 2.24. The Morgan fingerprint density at radius 1 is 0.383 bits per heavy atom. The molecule has 133 heavy (non-hydrogen) atoms. The third-order valence-corrected chi connectivity index (χ3v) is 20.4. The van der Waals surface area contributed by atoms with Crippen LogP contribution in [0.3, 0.4) is 0 Å². The fourth-order valence-corrected chi connectivity index (χ4v) is 14.1. The van der Waals surface area contributed by atoms with Crippen LogP contribution in [0.1, 0.15) is 214 Å². The van der Waals surface area contributed by atoms with E-state index in [2.05, 4.69) is 146 Å². The largest absolute Gasteiger partial charge is 0.480 e. The lowest BCUT2D eigenvalue weighted by Crippen LogP contribution is -2.41. The Bertz CT molecular complexity index is 5540. The van der Waals surface area contributed by atoms with Gasteiger partial charge in [-0.25, -0.2) is 29.3 Å². The first-order chi connectivity index (χ1) is 64.4. The number of fused-ring (bicyclic) bond motifs is 6. The van der Waals surface area contributed by atoms with E-state index in [1.54, 1.807) is 18.3 Å². The minimum atomic E-state index is -1.11. The molecule has 0 unspecified atom stereocenters. The Kier molecular flexibility index (Phi) is 50.7. The normalized spacial score (nSPS) is 13.9. The van der Waals surface area contributed by atoms with Gasteiger partial charge in [-0.15, -0.1) is 0 Å². The molecule has 0 radical (unpaired) electrons. The molecular weight excluding hydrogens is 1760 g/mol. The van der Waals surface area contributed by atoms with E-state index in [0.717, 1.165) is 137 Å². The summed E-state index contributed by atoms with van der Waals surface area (Å²) in [5.74, 6) is 27.5. The number of carbonyl (C=O) groups is 6. The maximum atomic E-state index is 12.5. The number of nitrogens with one attached hydrogen (secondary N) is 1. The Labute approximate surface area is 787 Å². The van der Waals surface area contributed by atoms with E-state index in [9.17, 15) is 39.0 Å². The molecule has 11 heterocycles. The number of carboxylic acid groups (broad SMARTS) is 2. The number of aromatic nitrogens is 8. The summed E-state index contributed by atoms with van der Waals surface area (Å²) in [6, 6.07) is 36.4. The Balaban J connectivity index is 0.000000288. The molecule has 33 heteroatoms. The van der Waals surface area contributed by atoms with Crippen molar-refractivity contribution in [1.29, 1.82) is 0 Å². The van der Waals surface area contributed by atoms with Gasteiger partial charge < -0.3 is 34.5 Å². The van der Waals surface area contributed by atoms with Gasteiger partial charge in [0.2, 0.25) is 0 Å². The number of alkyl halides is 1. The molecular formula is C100H117BrN16O16. The first-order valence-electron chi connectivity index (χ1n) is 43.7. The van der Waals surface area contributed by atoms with Crippen LogP contribution in [0.5, 0.6) is 0 Å². The molecule has 0 fully saturated rings. The zero-order valence-electron chi connectivity index (χ0n) is 77.4.